The van der Waals surface area contributed by atoms with Crippen molar-refractivity contribution in [3.05, 3.63) is 36.1 Å². The molecule has 0 amide bonds. The van der Waals surface area contributed by atoms with Gasteiger partial charge in [-0.3, -0.25) is 0 Å². The van der Waals surface area contributed by atoms with Crippen molar-refractivity contribution < 1.29 is 9.52 Å². The third-order valence-corrected chi connectivity index (χ3v) is 4.06. The van der Waals surface area contributed by atoms with Gasteiger partial charge in [0.05, 0.1) is 12.4 Å². The fourth-order valence-electron chi connectivity index (χ4n) is 3.03. The van der Waals surface area contributed by atoms with Crippen molar-refractivity contribution in [3.63, 3.8) is 0 Å². The van der Waals surface area contributed by atoms with Crippen LogP contribution in [0.15, 0.2) is 34.9 Å². The van der Waals surface area contributed by atoms with Gasteiger partial charge in [0, 0.05) is 17.5 Å². The van der Waals surface area contributed by atoms with Crippen LogP contribution in [0.5, 0.6) is 0 Å². The smallest absolute Gasteiger partial charge is 0.134 e. The lowest BCUT2D eigenvalue weighted by atomic mass is 9.87. The van der Waals surface area contributed by atoms with E-state index >= 15 is 0 Å². The van der Waals surface area contributed by atoms with Gasteiger partial charge in [-0.2, -0.15) is 0 Å². The first-order chi connectivity index (χ1) is 9.33. The van der Waals surface area contributed by atoms with Crippen LogP contribution in [0.3, 0.4) is 0 Å². The highest BCUT2D eigenvalue weighted by Gasteiger charge is 2.19. The number of para-hydroxylation sites is 1. The van der Waals surface area contributed by atoms with Crippen LogP contribution in [0.4, 0.5) is 0 Å². The first-order valence-corrected chi connectivity index (χ1v) is 7.17. The number of hydrogen-bond donors (Lipinski definition) is 2. The molecule has 0 aliphatic heterocycles. The average Bonchev–Trinajstić information content (AvgIpc) is 2.83. The van der Waals surface area contributed by atoms with Gasteiger partial charge in [0.15, 0.2) is 0 Å². The van der Waals surface area contributed by atoms with E-state index < -0.39 is 0 Å². The maximum absolute atomic E-state index is 9.66. The molecule has 2 aromatic rings. The Bertz CT molecular complexity index is 534. The van der Waals surface area contributed by atoms with Gasteiger partial charge in [0.1, 0.15) is 5.58 Å². The molecule has 2 unspecified atom stereocenters. The Kier molecular flexibility index (Phi) is 3.85. The molecule has 19 heavy (non-hydrogen) atoms. The van der Waals surface area contributed by atoms with E-state index in [1.54, 1.807) is 0 Å². The van der Waals surface area contributed by atoms with Crippen LogP contribution < -0.4 is 5.32 Å². The molecule has 1 aromatic carbocycles. The van der Waals surface area contributed by atoms with Crippen LogP contribution in [0.1, 0.15) is 31.2 Å². The topological polar surface area (TPSA) is 45.4 Å². The molecule has 1 heterocycles. The maximum atomic E-state index is 9.66. The summed E-state index contributed by atoms with van der Waals surface area (Å²) in [7, 11) is 0. The van der Waals surface area contributed by atoms with Gasteiger partial charge in [-0.05, 0) is 37.8 Å². The lowest BCUT2D eigenvalue weighted by molar-refractivity contribution is 0.101. The number of aliphatic hydroxyl groups is 1. The summed E-state index contributed by atoms with van der Waals surface area (Å²) >= 11 is 0. The van der Waals surface area contributed by atoms with Gasteiger partial charge in [0.25, 0.3) is 0 Å². The summed E-state index contributed by atoms with van der Waals surface area (Å²) in [5.41, 5.74) is 2.17. The number of fused-ring (bicyclic) bond motifs is 1. The Morgan fingerprint density at radius 2 is 2.16 bits per heavy atom. The molecule has 0 spiro atoms. The summed E-state index contributed by atoms with van der Waals surface area (Å²) in [6.45, 7) is 1.82. The summed E-state index contributed by atoms with van der Waals surface area (Å²) in [6, 6.07) is 8.13. The molecule has 1 fully saturated rings. The molecule has 2 atom stereocenters. The second-order valence-corrected chi connectivity index (χ2v) is 5.57. The number of aliphatic hydroxyl groups excluding tert-OH is 1. The highest BCUT2D eigenvalue weighted by Crippen LogP contribution is 2.24. The highest BCUT2D eigenvalue weighted by molar-refractivity contribution is 5.80. The fourth-order valence-corrected chi connectivity index (χ4v) is 3.03. The van der Waals surface area contributed by atoms with Gasteiger partial charge in [-0.25, -0.2) is 0 Å². The van der Waals surface area contributed by atoms with Crippen molar-refractivity contribution in [2.75, 3.05) is 6.54 Å². The highest BCUT2D eigenvalue weighted by atomic mass is 16.3. The van der Waals surface area contributed by atoms with Crippen LogP contribution in [0.25, 0.3) is 11.0 Å². The van der Waals surface area contributed by atoms with E-state index in [-0.39, 0.29) is 6.10 Å². The second kappa shape index (κ2) is 5.76. The van der Waals surface area contributed by atoms with E-state index in [0.29, 0.717) is 5.92 Å². The molecule has 0 saturated heterocycles. The van der Waals surface area contributed by atoms with Gasteiger partial charge < -0.3 is 14.8 Å². The van der Waals surface area contributed by atoms with Crippen LogP contribution in [0.2, 0.25) is 0 Å². The molecule has 0 bridgehead atoms. The average molecular weight is 259 g/mol. The molecule has 0 radical (unpaired) electrons. The first-order valence-electron chi connectivity index (χ1n) is 7.17. The Balaban J connectivity index is 1.55. The third kappa shape index (κ3) is 2.99. The summed E-state index contributed by atoms with van der Waals surface area (Å²) in [5.74, 6) is 0.613. The molecule has 3 rings (SSSR count). The molecule has 3 heteroatoms. The molecule has 102 valence electrons. The van der Waals surface area contributed by atoms with Crippen molar-refractivity contribution in [1.29, 1.82) is 0 Å². The maximum Gasteiger partial charge on any atom is 0.134 e. The lowest BCUT2D eigenvalue weighted by Gasteiger charge is -2.25. The van der Waals surface area contributed by atoms with Crippen molar-refractivity contribution >= 4 is 11.0 Å². The SMILES string of the molecule is OC1CCCC(CNCc2coc3ccccc23)C1. The molecule has 1 saturated carbocycles. The molecule has 1 aliphatic rings. The number of benzene rings is 1. The third-order valence-electron chi connectivity index (χ3n) is 4.06. The monoisotopic (exact) mass is 259 g/mol. The van der Waals surface area contributed by atoms with Crippen molar-refractivity contribution in [3.8, 4) is 0 Å². The van der Waals surface area contributed by atoms with Gasteiger partial charge in [-0.15, -0.1) is 0 Å². The van der Waals surface area contributed by atoms with Crippen LogP contribution >= 0.6 is 0 Å². The zero-order chi connectivity index (χ0) is 13.1. The number of rotatable bonds is 4. The van der Waals surface area contributed by atoms with Crippen LogP contribution in [-0.2, 0) is 6.54 Å². The first kappa shape index (κ1) is 12.7. The Morgan fingerprint density at radius 1 is 1.26 bits per heavy atom. The minimum atomic E-state index is -0.0877. The van der Waals surface area contributed by atoms with E-state index in [4.69, 9.17) is 4.42 Å². The van der Waals surface area contributed by atoms with Gasteiger partial charge >= 0.3 is 0 Å². The fraction of sp³-hybridized carbons (Fsp3) is 0.500. The zero-order valence-electron chi connectivity index (χ0n) is 11.1. The predicted octanol–water partition coefficient (Wildman–Crippen LogP) is 3.07. The second-order valence-electron chi connectivity index (χ2n) is 5.57. The molecule has 1 aliphatic carbocycles. The van der Waals surface area contributed by atoms with E-state index in [2.05, 4.69) is 11.4 Å². The molecule has 3 nitrogen and oxygen atoms in total. The standard InChI is InChI=1S/C16H21NO2/c18-14-5-3-4-12(8-14)9-17-10-13-11-19-16-7-2-1-6-15(13)16/h1-2,6-7,11-12,14,17-18H,3-5,8-10H2. The van der Waals surface area contributed by atoms with Crippen LogP contribution in [-0.4, -0.2) is 17.8 Å². The number of furan rings is 1. The Hall–Kier alpha value is -1.32. The quantitative estimate of drug-likeness (QED) is 0.887. The molecular weight excluding hydrogens is 238 g/mol. The summed E-state index contributed by atoms with van der Waals surface area (Å²) in [6.07, 6.45) is 6.06. The van der Waals surface area contributed by atoms with E-state index in [1.165, 1.54) is 17.4 Å². The van der Waals surface area contributed by atoms with Crippen molar-refractivity contribution in [2.45, 2.75) is 38.3 Å². The minimum absolute atomic E-state index is 0.0877. The summed E-state index contributed by atoms with van der Waals surface area (Å²) in [4.78, 5) is 0. The predicted molar refractivity (Wildman–Crippen MR) is 75.9 cm³/mol. The van der Waals surface area contributed by atoms with E-state index in [9.17, 15) is 5.11 Å². The van der Waals surface area contributed by atoms with Gasteiger partial charge in [0.2, 0.25) is 0 Å². The normalized spacial score (nSPS) is 23.8. The Morgan fingerprint density at radius 3 is 3.05 bits per heavy atom. The van der Waals surface area contributed by atoms with E-state index in [0.717, 1.165) is 37.9 Å². The van der Waals surface area contributed by atoms with Crippen molar-refractivity contribution in [2.24, 2.45) is 5.92 Å². The number of nitrogens with one attached hydrogen (secondary N) is 1. The minimum Gasteiger partial charge on any atom is -0.464 e. The summed E-state index contributed by atoms with van der Waals surface area (Å²) in [5, 5.41) is 14.4. The molecule has 2 N–H and O–H groups in total. The number of hydrogen-bond acceptors (Lipinski definition) is 3. The Labute approximate surface area is 113 Å². The van der Waals surface area contributed by atoms with Crippen molar-refractivity contribution in [1.82, 2.24) is 5.32 Å². The molecule has 1 aromatic heterocycles. The van der Waals surface area contributed by atoms with Crippen LogP contribution in [0, 0.1) is 5.92 Å². The zero-order valence-corrected chi connectivity index (χ0v) is 11.1. The summed E-state index contributed by atoms with van der Waals surface area (Å²) < 4.78 is 5.53. The van der Waals surface area contributed by atoms with Gasteiger partial charge in [-0.1, -0.05) is 24.6 Å². The molecular formula is C16H21NO2. The largest absolute Gasteiger partial charge is 0.464 e. The van der Waals surface area contributed by atoms with E-state index in [1.807, 2.05) is 24.5 Å². The lowest BCUT2D eigenvalue weighted by Crippen LogP contribution is -2.28.